The molecule has 1 N–H and O–H groups in total. The van der Waals surface area contributed by atoms with E-state index in [-0.39, 0.29) is 5.92 Å². The van der Waals surface area contributed by atoms with Gasteiger partial charge in [-0.05, 0) is 56.6 Å². The molecule has 2 bridgehead atoms. The number of aromatic nitrogens is 1. The van der Waals surface area contributed by atoms with Crippen molar-refractivity contribution in [1.82, 2.24) is 9.88 Å². The average Bonchev–Trinajstić information content (AvgIpc) is 3.07. The molecule has 5 rings (SSSR count). The molecule has 4 nitrogen and oxygen atoms in total. The quantitative estimate of drug-likeness (QED) is 0.888. The molecule has 2 atom stereocenters. The highest BCUT2D eigenvalue weighted by atomic mass is 16.5. The Morgan fingerprint density at radius 3 is 2.77 bits per heavy atom. The molecule has 1 aromatic carbocycles. The van der Waals surface area contributed by atoms with E-state index in [1.165, 1.54) is 22.2 Å². The van der Waals surface area contributed by atoms with Crippen molar-refractivity contribution < 1.29 is 9.53 Å². The maximum atomic E-state index is 13.2. The van der Waals surface area contributed by atoms with E-state index in [0.29, 0.717) is 24.0 Å². The third-order valence-electron chi connectivity index (χ3n) is 7.05. The number of benzene rings is 1. The third-order valence-corrected chi connectivity index (χ3v) is 7.05. The maximum Gasteiger partial charge on any atom is 0.225 e. The predicted molar refractivity (Wildman–Crippen MR) is 102 cm³/mol. The monoisotopic (exact) mass is 352 g/mol. The zero-order valence-electron chi connectivity index (χ0n) is 15.5. The molecule has 1 aromatic heterocycles. The minimum Gasteiger partial charge on any atom is -0.381 e. The SMILES string of the molecule is COC1CCC(C(=O)N2CCC3CC2Cc2c3[nH]c3ccccc23)CC1. The smallest absolute Gasteiger partial charge is 0.225 e. The molecule has 0 spiro atoms. The van der Waals surface area contributed by atoms with Gasteiger partial charge in [0.1, 0.15) is 0 Å². The van der Waals surface area contributed by atoms with Crippen LogP contribution >= 0.6 is 0 Å². The number of amides is 1. The number of ether oxygens (including phenoxy) is 1. The number of aromatic amines is 1. The van der Waals surface area contributed by atoms with Crippen LogP contribution in [0.1, 0.15) is 55.7 Å². The van der Waals surface area contributed by atoms with Crippen LogP contribution < -0.4 is 0 Å². The zero-order chi connectivity index (χ0) is 17.7. The first-order valence-electron chi connectivity index (χ1n) is 10.2. The van der Waals surface area contributed by atoms with Gasteiger partial charge in [0, 0.05) is 48.1 Å². The molecule has 4 heteroatoms. The number of hydrogen-bond acceptors (Lipinski definition) is 2. The van der Waals surface area contributed by atoms with E-state index in [1.807, 2.05) is 0 Å². The summed E-state index contributed by atoms with van der Waals surface area (Å²) in [6, 6.07) is 9.01. The fourth-order valence-corrected chi connectivity index (χ4v) is 5.60. The van der Waals surface area contributed by atoms with Crippen molar-refractivity contribution in [2.75, 3.05) is 13.7 Å². The Morgan fingerprint density at radius 1 is 1.15 bits per heavy atom. The van der Waals surface area contributed by atoms with E-state index in [1.54, 1.807) is 7.11 Å². The number of H-pyrrole nitrogens is 1. The fraction of sp³-hybridized carbons (Fsp3) is 0.591. The topological polar surface area (TPSA) is 45.3 Å². The summed E-state index contributed by atoms with van der Waals surface area (Å²) in [6.45, 7) is 0.924. The Kier molecular flexibility index (Phi) is 4.04. The highest BCUT2D eigenvalue weighted by Gasteiger charge is 2.41. The zero-order valence-corrected chi connectivity index (χ0v) is 15.5. The molecule has 1 saturated heterocycles. The van der Waals surface area contributed by atoms with Crippen LogP contribution in [0.2, 0.25) is 0 Å². The lowest BCUT2D eigenvalue weighted by Gasteiger charge is -2.44. The van der Waals surface area contributed by atoms with Gasteiger partial charge in [-0.1, -0.05) is 18.2 Å². The van der Waals surface area contributed by atoms with Crippen molar-refractivity contribution in [1.29, 1.82) is 0 Å². The number of likely N-dealkylation sites (tertiary alicyclic amines) is 1. The molecule has 2 fully saturated rings. The maximum absolute atomic E-state index is 13.2. The van der Waals surface area contributed by atoms with E-state index in [9.17, 15) is 4.79 Å². The van der Waals surface area contributed by atoms with Gasteiger partial charge in [-0.15, -0.1) is 0 Å². The Labute approximate surface area is 154 Å². The summed E-state index contributed by atoms with van der Waals surface area (Å²) in [5, 5.41) is 1.35. The molecule has 1 aliphatic heterocycles. The van der Waals surface area contributed by atoms with Crippen LogP contribution in [0.4, 0.5) is 0 Å². The van der Waals surface area contributed by atoms with Gasteiger partial charge in [0.25, 0.3) is 0 Å². The highest BCUT2D eigenvalue weighted by Crippen LogP contribution is 2.43. The van der Waals surface area contributed by atoms with E-state index in [4.69, 9.17) is 4.74 Å². The number of nitrogens with one attached hydrogen (secondary N) is 1. The molecule has 0 radical (unpaired) electrons. The van der Waals surface area contributed by atoms with Gasteiger partial charge < -0.3 is 14.6 Å². The van der Waals surface area contributed by atoms with Crippen LogP contribution in [0.25, 0.3) is 10.9 Å². The van der Waals surface area contributed by atoms with Gasteiger partial charge in [-0.3, -0.25) is 4.79 Å². The van der Waals surface area contributed by atoms with Crippen LogP contribution in [0.15, 0.2) is 24.3 Å². The van der Waals surface area contributed by atoms with Gasteiger partial charge in [0.15, 0.2) is 0 Å². The van der Waals surface area contributed by atoms with Crippen molar-refractivity contribution in [2.24, 2.45) is 5.92 Å². The number of piperidine rings is 1. The molecule has 138 valence electrons. The van der Waals surface area contributed by atoms with Crippen LogP contribution in [0.3, 0.4) is 0 Å². The van der Waals surface area contributed by atoms with Gasteiger partial charge in [0.2, 0.25) is 5.91 Å². The van der Waals surface area contributed by atoms with Crippen molar-refractivity contribution in [3.05, 3.63) is 35.5 Å². The summed E-state index contributed by atoms with van der Waals surface area (Å²) in [7, 11) is 1.79. The number of carbonyl (C=O) groups excluding carboxylic acids is 1. The summed E-state index contributed by atoms with van der Waals surface area (Å²) < 4.78 is 5.47. The molecule has 1 amide bonds. The minimum atomic E-state index is 0.210. The number of hydrogen-bond donors (Lipinski definition) is 1. The number of nitrogens with zero attached hydrogens (tertiary/aromatic N) is 1. The molecular weight excluding hydrogens is 324 g/mol. The van der Waals surface area contributed by atoms with E-state index >= 15 is 0 Å². The first-order valence-corrected chi connectivity index (χ1v) is 10.2. The van der Waals surface area contributed by atoms with Gasteiger partial charge in [-0.2, -0.15) is 0 Å². The first-order chi connectivity index (χ1) is 12.7. The van der Waals surface area contributed by atoms with Crippen LogP contribution in [0.5, 0.6) is 0 Å². The van der Waals surface area contributed by atoms with Crippen molar-refractivity contribution in [2.45, 2.75) is 63.0 Å². The molecule has 2 aromatic rings. The largest absolute Gasteiger partial charge is 0.381 e. The highest BCUT2D eigenvalue weighted by molar-refractivity contribution is 5.86. The third kappa shape index (κ3) is 2.58. The molecule has 2 aliphatic carbocycles. The van der Waals surface area contributed by atoms with Gasteiger partial charge in [0.05, 0.1) is 6.10 Å². The number of rotatable bonds is 2. The number of carbonyl (C=O) groups is 1. The first kappa shape index (κ1) is 16.4. The van der Waals surface area contributed by atoms with E-state index < -0.39 is 0 Å². The van der Waals surface area contributed by atoms with Crippen LogP contribution in [-0.4, -0.2) is 41.6 Å². The van der Waals surface area contributed by atoms with Crippen LogP contribution in [-0.2, 0) is 16.0 Å². The lowest BCUT2D eigenvalue weighted by Crippen LogP contribution is -2.51. The summed E-state index contributed by atoms with van der Waals surface area (Å²) in [5.74, 6) is 1.21. The molecule has 2 heterocycles. The van der Waals surface area contributed by atoms with Crippen molar-refractivity contribution in [3.8, 4) is 0 Å². The van der Waals surface area contributed by atoms with Crippen molar-refractivity contribution in [3.63, 3.8) is 0 Å². The van der Waals surface area contributed by atoms with Crippen LogP contribution in [0, 0.1) is 5.92 Å². The number of fused-ring (bicyclic) bond motifs is 6. The molecule has 2 unspecified atom stereocenters. The predicted octanol–water partition coefficient (Wildman–Crippen LogP) is 4.00. The Balaban J connectivity index is 1.37. The summed E-state index contributed by atoms with van der Waals surface area (Å²) in [5.41, 5.74) is 4.15. The summed E-state index contributed by atoms with van der Waals surface area (Å²) >= 11 is 0. The number of methoxy groups -OCH3 is 1. The Bertz CT molecular complexity index is 819. The second-order valence-electron chi connectivity index (χ2n) is 8.38. The van der Waals surface area contributed by atoms with Gasteiger partial charge in [-0.25, -0.2) is 0 Å². The molecule has 3 aliphatic rings. The second-order valence-corrected chi connectivity index (χ2v) is 8.38. The Morgan fingerprint density at radius 2 is 1.96 bits per heavy atom. The van der Waals surface area contributed by atoms with Gasteiger partial charge >= 0.3 is 0 Å². The van der Waals surface area contributed by atoms with Crippen molar-refractivity contribution >= 4 is 16.8 Å². The second kappa shape index (κ2) is 6.41. The lowest BCUT2D eigenvalue weighted by atomic mass is 9.77. The molecule has 26 heavy (non-hydrogen) atoms. The summed E-state index contributed by atoms with van der Waals surface area (Å²) in [6.07, 6.45) is 7.61. The van der Waals surface area contributed by atoms with E-state index in [0.717, 1.165) is 51.5 Å². The average molecular weight is 352 g/mol. The van der Waals surface area contributed by atoms with E-state index in [2.05, 4.69) is 34.1 Å². The molecule has 1 saturated carbocycles. The number of para-hydroxylation sites is 1. The minimum absolute atomic E-state index is 0.210. The standard InChI is InChI=1S/C22H28N2O2/c1-26-17-8-6-14(7-9-17)22(25)24-11-10-15-12-16(24)13-19-18-4-2-3-5-20(18)23-21(15)19/h2-5,14-17,23H,6-13H2,1H3. The molecular formula is C22H28N2O2. The normalized spacial score (nSPS) is 31.0. The fourth-order valence-electron chi connectivity index (χ4n) is 5.60. The summed E-state index contributed by atoms with van der Waals surface area (Å²) in [4.78, 5) is 19.1. The lowest BCUT2D eigenvalue weighted by molar-refractivity contribution is -0.141. The Hall–Kier alpha value is -1.81.